The number of amides is 1. The van der Waals surface area contributed by atoms with Crippen LogP contribution in [-0.2, 0) is 0 Å². The summed E-state index contributed by atoms with van der Waals surface area (Å²) in [5, 5.41) is 4.01. The summed E-state index contributed by atoms with van der Waals surface area (Å²) in [5.74, 6) is 0.741. The van der Waals surface area contributed by atoms with Crippen LogP contribution in [0.1, 0.15) is 46.8 Å². The SMILES string of the molecule is COc1cc(C)ccc1C(=O)N/N=C\c1ccc(C(C)C)cc1. The molecule has 2 aromatic rings. The lowest BCUT2D eigenvalue weighted by Crippen LogP contribution is -2.18. The molecule has 0 heterocycles. The maximum Gasteiger partial charge on any atom is 0.275 e. The van der Waals surface area contributed by atoms with Crippen molar-refractivity contribution >= 4 is 12.1 Å². The number of carbonyl (C=O) groups excluding carboxylic acids is 1. The molecule has 0 aliphatic heterocycles. The molecule has 120 valence electrons. The van der Waals surface area contributed by atoms with Gasteiger partial charge in [-0.3, -0.25) is 4.79 Å². The van der Waals surface area contributed by atoms with Crippen LogP contribution in [0, 0.1) is 6.92 Å². The molecular weight excluding hydrogens is 288 g/mol. The van der Waals surface area contributed by atoms with Gasteiger partial charge in [-0.05, 0) is 41.7 Å². The largest absolute Gasteiger partial charge is 0.496 e. The Balaban J connectivity index is 2.04. The Morgan fingerprint density at radius 1 is 1.17 bits per heavy atom. The summed E-state index contributed by atoms with van der Waals surface area (Å²) in [6, 6.07) is 13.5. The van der Waals surface area contributed by atoms with Gasteiger partial charge in [0.2, 0.25) is 0 Å². The maximum absolute atomic E-state index is 12.2. The van der Waals surface area contributed by atoms with Crippen LogP contribution >= 0.6 is 0 Å². The number of nitrogens with one attached hydrogen (secondary N) is 1. The Morgan fingerprint density at radius 2 is 1.87 bits per heavy atom. The van der Waals surface area contributed by atoms with Crippen LogP contribution in [0.15, 0.2) is 47.6 Å². The van der Waals surface area contributed by atoms with E-state index in [4.69, 9.17) is 4.74 Å². The Bertz CT molecular complexity index is 704. The van der Waals surface area contributed by atoms with Crippen molar-refractivity contribution < 1.29 is 9.53 Å². The fourth-order valence-electron chi connectivity index (χ4n) is 2.18. The lowest BCUT2D eigenvalue weighted by molar-refractivity contribution is 0.0952. The number of hydrogen-bond donors (Lipinski definition) is 1. The first-order valence-electron chi connectivity index (χ1n) is 7.59. The lowest BCUT2D eigenvalue weighted by Gasteiger charge is -2.07. The van der Waals surface area contributed by atoms with Crippen molar-refractivity contribution in [2.45, 2.75) is 26.7 Å². The molecule has 0 radical (unpaired) electrons. The van der Waals surface area contributed by atoms with Gasteiger partial charge in [-0.1, -0.05) is 44.2 Å². The van der Waals surface area contributed by atoms with Crippen molar-refractivity contribution in [1.82, 2.24) is 5.43 Å². The number of carbonyl (C=O) groups is 1. The minimum atomic E-state index is -0.295. The van der Waals surface area contributed by atoms with Gasteiger partial charge in [0.25, 0.3) is 5.91 Å². The molecule has 0 spiro atoms. The highest BCUT2D eigenvalue weighted by molar-refractivity contribution is 5.97. The number of methoxy groups -OCH3 is 1. The molecule has 4 heteroatoms. The summed E-state index contributed by atoms with van der Waals surface area (Å²) < 4.78 is 5.23. The third kappa shape index (κ3) is 4.42. The van der Waals surface area contributed by atoms with Crippen LogP contribution in [0.25, 0.3) is 0 Å². The summed E-state index contributed by atoms with van der Waals surface area (Å²) in [6.07, 6.45) is 1.63. The Hall–Kier alpha value is -2.62. The van der Waals surface area contributed by atoms with Gasteiger partial charge in [0, 0.05) is 0 Å². The van der Waals surface area contributed by atoms with Crippen LogP contribution in [0.4, 0.5) is 0 Å². The van der Waals surface area contributed by atoms with Gasteiger partial charge in [-0.15, -0.1) is 0 Å². The number of rotatable bonds is 5. The first-order valence-corrected chi connectivity index (χ1v) is 7.59. The fourth-order valence-corrected chi connectivity index (χ4v) is 2.18. The molecule has 2 aromatic carbocycles. The smallest absolute Gasteiger partial charge is 0.275 e. The number of ether oxygens (including phenoxy) is 1. The van der Waals surface area contributed by atoms with E-state index in [0.717, 1.165) is 11.1 Å². The summed E-state index contributed by atoms with van der Waals surface area (Å²) in [6.45, 7) is 6.25. The third-order valence-electron chi connectivity index (χ3n) is 3.58. The number of hydrogen-bond acceptors (Lipinski definition) is 3. The van der Waals surface area contributed by atoms with Gasteiger partial charge in [0.1, 0.15) is 5.75 Å². The fraction of sp³-hybridized carbons (Fsp3) is 0.263. The number of aryl methyl sites for hydroxylation is 1. The van der Waals surface area contributed by atoms with Crippen molar-refractivity contribution in [3.05, 3.63) is 64.7 Å². The van der Waals surface area contributed by atoms with Crippen LogP contribution in [0.5, 0.6) is 5.75 Å². The van der Waals surface area contributed by atoms with E-state index in [1.54, 1.807) is 19.4 Å². The zero-order valence-electron chi connectivity index (χ0n) is 14.0. The predicted molar refractivity (Wildman–Crippen MR) is 93.3 cm³/mol. The lowest BCUT2D eigenvalue weighted by atomic mass is 10.0. The molecule has 23 heavy (non-hydrogen) atoms. The number of hydrazone groups is 1. The van der Waals surface area contributed by atoms with Crippen molar-refractivity contribution in [3.8, 4) is 5.75 Å². The van der Waals surface area contributed by atoms with Crippen LogP contribution in [0.3, 0.4) is 0 Å². The van der Waals surface area contributed by atoms with Crippen LogP contribution in [-0.4, -0.2) is 19.2 Å². The zero-order valence-corrected chi connectivity index (χ0v) is 14.0. The normalized spacial score (nSPS) is 11.0. The summed E-state index contributed by atoms with van der Waals surface area (Å²) >= 11 is 0. The Labute approximate surface area is 137 Å². The molecule has 1 N–H and O–H groups in total. The monoisotopic (exact) mass is 310 g/mol. The highest BCUT2D eigenvalue weighted by Crippen LogP contribution is 2.19. The highest BCUT2D eigenvalue weighted by atomic mass is 16.5. The van der Waals surface area contributed by atoms with E-state index in [0.29, 0.717) is 17.2 Å². The first kappa shape index (κ1) is 16.7. The van der Waals surface area contributed by atoms with E-state index in [1.165, 1.54) is 5.56 Å². The van der Waals surface area contributed by atoms with Crippen LogP contribution < -0.4 is 10.2 Å². The van der Waals surface area contributed by atoms with Gasteiger partial charge in [0.05, 0.1) is 18.9 Å². The van der Waals surface area contributed by atoms with Gasteiger partial charge in [-0.2, -0.15) is 5.10 Å². The molecule has 0 saturated carbocycles. The first-order chi connectivity index (χ1) is 11.0. The molecule has 0 fully saturated rings. The molecular formula is C19H22N2O2. The second kappa shape index (κ2) is 7.58. The highest BCUT2D eigenvalue weighted by Gasteiger charge is 2.11. The molecule has 2 rings (SSSR count). The third-order valence-corrected chi connectivity index (χ3v) is 3.58. The van der Waals surface area contributed by atoms with Gasteiger partial charge in [0.15, 0.2) is 0 Å². The predicted octanol–water partition coefficient (Wildman–Crippen LogP) is 3.89. The maximum atomic E-state index is 12.2. The molecule has 4 nitrogen and oxygen atoms in total. The summed E-state index contributed by atoms with van der Waals surface area (Å²) in [7, 11) is 1.55. The van der Waals surface area contributed by atoms with E-state index in [2.05, 4.69) is 36.5 Å². The van der Waals surface area contributed by atoms with E-state index < -0.39 is 0 Å². The zero-order chi connectivity index (χ0) is 16.8. The number of benzene rings is 2. The van der Waals surface area contributed by atoms with Crippen molar-refractivity contribution in [2.75, 3.05) is 7.11 Å². The molecule has 0 aromatic heterocycles. The molecule has 0 atom stereocenters. The molecule has 0 aliphatic carbocycles. The van der Waals surface area contributed by atoms with Gasteiger partial charge in [-0.25, -0.2) is 5.43 Å². The standard InChI is InChI=1S/C19H22N2O2/c1-13(2)16-8-6-15(7-9-16)12-20-21-19(22)17-10-5-14(3)11-18(17)23-4/h5-13H,1-4H3,(H,21,22)/b20-12-. The Morgan fingerprint density at radius 3 is 2.48 bits per heavy atom. The van der Waals surface area contributed by atoms with E-state index in [9.17, 15) is 4.79 Å². The minimum Gasteiger partial charge on any atom is -0.496 e. The molecule has 0 aliphatic rings. The van der Waals surface area contributed by atoms with Gasteiger partial charge >= 0.3 is 0 Å². The minimum absolute atomic E-state index is 0.295. The van der Waals surface area contributed by atoms with E-state index in [1.807, 2.05) is 31.2 Å². The van der Waals surface area contributed by atoms with E-state index >= 15 is 0 Å². The average Bonchev–Trinajstić information content (AvgIpc) is 2.55. The quantitative estimate of drug-likeness (QED) is 0.673. The van der Waals surface area contributed by atoms with Crippen molar-refractivity contribution in [3.63, 3.8) is 0 Å². The van der Waals surface area contributed by atoms with Crippen molar-refractivity contribution in [1.29, 1.82) is 0 Å². The Kier molecular flexibility index (Phi) is 5.52. The molecule has 0 saturated heterocycles. The van der Waals surface area contributed by atoms with Gasteiger partial charge < -0.3 is 4.74 Å². The summed E-state index contributed by atoms with van der Waals surface area (Å²) in [4.78, 5) is 12.2. The topological polar surface area (TPSA) is 50.7 Å². The summed E-state index contributed by atoms with van der Waals surface area (Å²) in [5.41, 5.74) is 6.24. The van der Waals surface area contributed by atoms with Crippen molar-refractivity contribution in [2.24, 2.45) is 5.10 Å². The molecule has 0 bridgehead atoms. The second-order valence-electron chi connectivity index (χ2n) is 5.72. The van der Waals surface area contributed by atoms with Crippen LogP contribution in [0.2, 0.25) is 0 Å². The molecule has 0 unspecified atom stereocenters. The number of nitrogens with zero attached hydrogens (tertiary/aromatic N) is 1. The van der Waals surface area contributed by atoms with E-state index in [-0.39, 0.29) is 5.91 Å². The molecule has 1 amide bonds. The second-order valence-corrected chi connectivity index (χ2v) is 5.72. The average molecular weight is 310 g/mol.